The fourth-order valence-electron chi connectivity index (χ4n) is 2.33. The van der Waals surface area contributed by atoms with Gasteiger partial charge in [0.1, 0.15) is 11.4 Å². The molecule has 1 atom stereocenters. The van der Waals surface area contributed by atoms with E-state index in [2.05, 4.69) is 5.32 Å². The summed E-state index contributed by atoms with van der Waals surface area (Å²) in [5.41, 5.74) is 0.355. The lowest BCUT2D eigenvalue weighted by atomic mass is 10.1. The fraction of sp³-hybridized carbons (Fsp3) is 0.300. The van der Waals surface area contributed by atoms with Crippen molar-refractivity contribution in [3.05, 3.63) is 65.7 Å². The molecule has 0 aliphatic heterocycles. The predicted octanol–water partition coefficient (Wildman–Crippen LogP) is 3.51. The van der Waals surface area contributed by atoms with E-state index in [1.165, 1.54) is 7.11 Å². The Morgan fingerprint density at radius 1 is 0.960 bits per heavy atom. The van der Waals surface area contributed by atoms with Crippen molar-refractivity contribution in [3.63, 3.8) is 0 Å². The third-order valence-corrected chi connectivity index (χ3v) is 3.40. The van der Waals surface area contributed by atoms with Crippen LogP contribution in [0.5, 0.6) is 5.75 Å². The third-order valence-electron chi connectivity index (χ3n) is 3.40. The van der Waals surface area contributed by atoms with Crippen LogP contribution in [-0.2, 0) is 9.53 Å². The van der Waals surface area contributed by atoms with E-state index in [4.69, 9.17) is 9.47 Å². The smallest absolute Gasteiger partial charge is 0.333 e. The lowest BCUT2D eigenvalue weighted by Crippen LogP contribution is -2.38. The van der Waals surface area contributed by atoms with Crippen LogP contribution in [-0.4, -0.2) is 24.6 Å². The number of nitrogens with one attached hydrogen (secondary N) is 1. The van der Waals surface area contributed by atoms with Gasteiger partial charge in [0, 0.05) is 0 Å². The molecule has 5 heteroatoms. The molecular formula is C20H23NO4. The second-order valence-electron chi connectivity index (χ2n) is 6.55. The molecule has 5 nitrogen and oxygen atoms in total. The summed E-state index contributed by atoms with van der Waals surface area (Å²) in [5, 5.41) is 2.75. The third kappa shape index (κ3) is 5.08. The Kier molecular flexibility index (Phi) is 5.80. The van der Waals surface area contributed by atoms with Crippen LogP contribution >= 0.6 is 0 Å². The fourth-order valence-corrected chi connectivity index (χ4v) is 2.33. The highest BCUT2D eigenvalue weighted by Gasteiger charge is 2.29. The summed E-state index contributed by atoms with van der Waals surface area (Å²) in [7, 11) is 1.49. The standard InChI is InChI=1S/C20H23NO4/c1-20(2,3)25-19(23)17(14-10-6-5-7-11-14)21-18(22)15-12-8-9-13-16(15)24-4/h5-13,17H,1-4H3,(H,21,22). The van der Waals surface area contributed by atoms with Gasteiger partial charge in [-0.1, -0.05) is 42.5 Å². The van der Waals surface area contributed by atoms with Crippen LogP contribution in [0.25, 0.3) is 0 Å². The molecule has 2 aromatic carbocycles. The van der Waals surface area contributed by atoms with Crippen LogP contribution in [0, 0.1) is 0 Å². The average molecular weight is 341 g/mol. The lowest BCUT2D eigenvalue weighted by molar-refractivity contribution is -0.157. The highest BCUT2D eigenvalue weighted by molar-refractivity contribution is 5.99. The minimum Gasteiger partial charge on any atom is -0.496 e. The van der Waals surface area contributed by atoms with Crippen molar-refractivity contribution < 1.29 is 19.1 Å². The molecule has 0 heterocycles. The number of carbonyl (C=O) groups is 2. The monoisotopic (exact) mass is 341 g/mol. The molecule has 2 rings (SSSR count). The second-order valence-corrected chi connectivity index (χ2v) is 6.55. The first-order valence-corrected chi connectivity index (χ1v) is 8.03. The minimum absolute atomic E-state index is 0.356. The Bertz CT molecular complexity index is 735. The maximum absolute atomic E-state index is 12.7. The van der Waals surface area contributed by atoms with Gasteiger partial charge in [0.15, 0.2) is 6.04 Å². The first-order chi connectivity index (χ1) is 11.8. The Morgan fingerprint density at radius 2 is 1.56 bits per heavy atom. The number of hydrogen-bond donors (Lipinski definition) is 1. The molecule has 0 aromatic heterocycles. The minimum atomic E-state index is -0.905. The van der Waals surface area contributed by atoms with Crippen molar-refractivity contribution in [2.75, 3.05) is 7.11 Å². The molecule has 132 valence electrons. The summed E-state index contributed by atoms with van der Waals surface area (Å²) in [6.07, 6.45) is 0. The quantitative estimate of drug-likeness (QED) is 0.845. The van der Waals surface area contributed by atoms with E-state index in [1.54, 1.807) is 57.2 Å². The van der Waals surface area contributed by atoms with Gasteiger partial charge in [0.25, 0.3) is 5.91 Å². The molecule has 0 spiro atoms. The van der Waals surface area contributed by atoms with Crippen molar-refractivity contribution >= 4 is 11.9 Å². The molecule has 0 aliphatic carbocycles. The second kappa shape index (κ2) is 7.83. The highest BCUT2D eigenvalue weighted by atomic mass is 16.6. The number of carbonyl (C=O) groups excluding carboxylic acids is 2. The van der Waals surface area contributed by atoms with Crippen molar-refractivity contribution in [1.82, 2.24) is 5.32 Å². The summed E-state index contributed by atoms with van der Waals surface area (Å²) in [6, 6.07) is 15.0. The number of benzene rings is 2. The van der Waals surface area contributed by atoms with Gasteiger partial charge in [-0.3, -0.25) is 4.79 Å². The van der Waals surface area contributed by atoms with Crippen LogP contribution in [0.15, 0.2) is 54.6 Å². The zero-order chi connectivity index (χ0) is 18.4. The topological polar surface area (TPSA) is 64.6 Å². The summed E-state index contributed by atoms with van der Waals surface area (Å²) < 4.78 is 10.7. The van der Waals surface area contributed by atoms with Gasteiger partial charge in [-0.15, -0.1) is 0 Å². The van der Waals surface area contributed by atoms with Gasteiger partial charge < -0.3 is 14.8 Å². The van der Waals surface area contributed by atoms with Gasteiger partial charge >= 0.3 is 5.97 Å². The lowest BCUT2D eigenvalue weighted by Gasteiger charge is -2.25. The molecule has 1 amide bonds. The van der Waals surface area contributed by atoms with Crippen LogP contribution in [0.4, 0.5) is 0 Å². The number of rotatable bonds is 5. The molecule has 2 aromatic rings. The molecule has 0 aliphatic rings. The van der Waals surface area contributed by atoms with E-state index in [-0.39, 0.29) is 0 Å². The summed E-state index contributed by atoms with van der Waals surface area (Å²) >= 11 is 0. The molecule has 1 N–H and O–H groups in total. The van der Waals surface area contributed by atoms with E-state index >= 15 is 0 Å². The first-order valence-electron chi connectivity index (χ1n) is 8.03. The Balaban J connectivity index is 2.30. The first kappa shape index (κ1) is 18.5. The summed E-state index contributed by atoms with van der Waals surface area (Å²) in [4.78, 5) is 25.3. The van der Waals surface area contributed by atoms with Gasteiger partial charge in [0.05, 0.1) is 12.7 Å². The van der Waals surface area contributed by atoms with Gasteiger partial charge in [-0.25, -0.2) is 4.79 Å². The number of amides is 1. The van der Waals surface area contributed by atoms with Crippen LogP contribution in [0.2, 0.25) is 0 Å². The number of esters is 1. The normalized spacial score (nSPS) is 12.2. The number of para-hydroxylation sites is 1. The zero-order valence-corrected chi connectivity index (χ0v) is 14.9. The molecule has 0 saturated heterocycles. The maximum atomic E-state index is 12.7. The van der Waals surface area contributed by atoms with Gasteiger partial charge in [-0.05, 0) is 38.5 Å². The number of ether oxygens (including phenoxy) is 2. The highest BCUT2D eigenvalue weighted by Crippen LogP contribution is 2.22. The number of hydrogen-bond acceptors (Lipinski definition) is 4. The maximum Gasteiger partial charge on any atom is 0.333 e. The van der Waals surface area contributed by atoms with E-state index in [1.807, 2.05) is 18.2 Å². The van der Waals surface area contributed by atoms with Gasteiger partial charge in [0.2, 0.25) is 0 Å². The Morgan fingerprint density at radius 3 is 2.16 bits per heavy atom. The Labute approximate surface area is 148 Å². The van der Waals surface area contributed by atoms with Crippen molar-refractivity contribution in [3.8, 4) is 5.75 Å². The molecule has 0 radical (unpaired) electrons. The van der Waals surface area contributed by atoms with Crippen LogP contribution in [0.3, 0.4) is 0 Å². The van der Waals surface area contributed by atoms with Crippen molar-refractivity contribution in [1.29, 1.82) is 0 Å². The summed E-state index contributed by atoms with van der Waals surface area (Å²) in [6.45, 7) is 5.36. The van der Waals surface area contributed by atoms with E-state index in [9.17, 15) is 9.59 Å². The van der Waals surface area contributed by atoms with Crippen LogP contribution < -0.4 is 10.1 Å². The molecule has 1 unspecified atom stereocenters. The zero-order valence-electron chi connectivity index (χ0n) is 14.9. The summed E-state index contributed by atoms with van der Waals surface area (Å²) in [5.74, 6) is -0.477. The molecule has 0 bridgehead atoms. The predicted molar refractivity (Wildman–Crippen MR) is 95.5 cm³/mol. The van der Waals surface area contributed by atoms with E-state index in [0.717, 1.165) is 0 Å². The molecule has 0 saturated carbocycles. The van der Waals surface area contributed by atoms with E-state index in [0.29, 0.717) is 16.9 Å². The van der Waals surface area contributed by atoms with Crippen LogP contribution in [0.1, 0.15) is 42.7 Å². The largest absolute Gasteiger partial charge is 0.496 e. The average Bonchev–Trinajstić information content (AvgIpc) is 2.58. The van der Waals surface area contributed by atoms with Crippen molar-refractivity contribution in [2.45, 2.75) is 32.4 Å². The number of methoxy groups -OCH3 is 1. The van der Waals surface area contributed by atoms with Crippen molar-refractivity contribution in [2.24, 2.45) is 0 Å². The Hall–Kier alpha value is -2.82. The SMILES string of the molecule is COc1ccccc1C(=O)NC(C(=O)OC(C)(C)C)c1ccccc1. The molecule has 25 heavy (non-hydrogen) atoms. The van der Waals surface area contributed by atoms with Gasteiger partial charge in [-0.2, -0.15) is 0 Å². The van der Waals surface area contributed by atoms with E-state index < -0.39 is 23.5 Å². The molecular weight excluding hydrogens is 318 g/mol. The molecule has 0 fully saturated rings.